The number of amides is 1. The monoisotopic (exact) mass is 439 g/mol. The number of thiophene rings is 1. The number of rotatable bonds is 5. The minimum absolute atomic E-state index is 0.0375. The molecule has 1 amide bonds. The minimum atomic E-state index is -0.374. The molecule has 1 aromatic carbocycles. The zero-order valence-electron chi connectivity index (χ0n) is 17.6. The van der Waals surface area contributed by atoms with Crippen molar-refractivity contribution in [2.24, 2.45) is 0 Å². The van der Waals surface area contributed by atoms with E-state index < -0.39 is 0 Å². The Morgan fingerprint density at radius 2 is 2.13 bits per heavy atom. The number of anilines is 1. The number of hydrogen-bond donors (Lipinski definition) is 0. The lowest BCUT2D eigenvalue weighted by Crippen LogP contribution is -2.40. The van der Waals surface area contributed by atoms with E-state index in [4.69, 9.17) is 4.98 Å². The van der Waals surface area contributed by atoms with E-state index in [1.54, 1.807) is 10.6 Å². The number of hydrogen-bond acceptors (Lipinski definition) is 5. The Bertz CT molecular complexity index is 1210. The molecular formula is C23H25N3O2S2. The lowest BCUT2D eigenvalue weighted by Gasteiger charge is -2.26. The first-order valence-corrected chi connectivity index (χ1v) is 11.7. The molecule has 156 valence electrons. The van der Waals surface area contributed by atoms with Crippen LogP contribution in [0.3, 0.4) is 0 Å². The van der Waals surface area contributed by atoms with Crippen LogP contribution in [0.15, 0.2) is 46.9 Å². The summed E-state index contributed by atoms with van der Waals surface area (Å²) in [5, 5.41) is 0.862. The van der Waals surface area contributed by atoms with E-state index >= 15 is 0 Å². The van der Waals surface area contributed by atoms with Crippen molar-refractivity contribution in [3.63, 3.8) is 0 Å². The molecule has 5 nitrogen and oxygen atoms in total. The highest BCUT2D eigenvalue weighted by Gasteiger charge is 2.34. The van der Waals surface area contributed by atoms with E-state index in [9.17, 15) is 9.59 Å². The van der Waals surface area contributed by atoms with Crippen LogP contribution >= 0.6 is 23.1 Å². The molecule has 0 bridgehead atoms. The van der Waals surface area contributed by atoms with Crippen molar-refractivity contribution in [1.82, 2.24) is 9.55 Å². The molecule has 30 heavy (non-hydrogen) atoms. The number of carbonyl (C=O) groups is 1. The van der Waals surface area contributed by atoms with Gasteiger partial charge < -0.3 is 4.90 Å². The third-order valence-corrected chi connectivity index (χ3v) is 7.82. The number of thioether (sulfide) groups is 1. The fourth-order valence-corrected chi connectivity index (χ4v) is 6.03. The molecule has 3 aromatic rings. The van der Waals surface area contributed by atoms with E-state index in [0.717, 1.165) is 27.4 Å². The minimum Gasteiger partial charge on any atom is -0.308 e. The second kappa shape index (κ2) is 8.04. The summed E-state index contributed by atoms with van der Waals surface area (Å²) >= 11 is 2.87. The van der Waals surface area contributed by atoms with Crippen LogP contribution in [0.4, 0.5) is 5.69 Å². The number of fused-ring (bicyclic) bond motifs is 2. The van der Waals surface area contributed by atoms with E-state index in [1.165, 1.54) is 28.7 Å². The number of carbonyl (C=O) groups excluding carboxylic acids is 1. The van der Waals surface area contributed by atoms with Crippen molar-refractivity contribution in [1.29, 1.82) is 0 Å². The van der Waals surface area contributed by atoms with Crippen molar-refractivity contribution in [2.45, 2.75) is 57.1 Å². The summed E-state index contributed by atoms with van der Waals surface area (Å²) < 4.78 is 1.63. The van der Waals surface area contributed by atoms with Gasteiger partial charge in [0.2, 0.25) is 5.91 Å². The lowest BCUT2D eigenvalue weighted by molar-refractivity contribution is -0.118. The van der Waals surface area contributed by atoms with Crippen LogP contribution < -0.4 is 10.5 Å². The first kappa shape index (κ1) is 20.9. The second-order valence-corrected chi connectivity index (χ2v) is 10.2. The van der Waals surface area contributed by atoms with Crippen LogP contribution in [0.5, 0.6) is 0 Å². The Morgan fingerprint density at radius 1 is 1.40 bits per heavy atom. The average molecular weight is 440 g/mol. The van der Waals surface area contributed by atoms with Gasteiger partial charge in [-0.1, -0.05) is 36.0 Å². The standard InChI is InChI=1S/C23H25N3O2S2/c1-6-11-25-22(28)19-14(3)15(4)29-20(19)24-23(25)30-16(5)21(27)26-13(2)12-17-9-7-8-10-18(17)26/h6-10,13,16H,1,11-12H2,2-5H3/t13-,16+/m0/s1. The number of nitrogens with zero attached hydrogens (tertiary/aromatic N) is 3. The molecule has 2 aromatic heterocycles. The normalized spacial score (nSPS) is 16.7. The Hall–Kier alpha value is -2.38. The predicted molar refractivity (Wildman–Crippen MR) is 126 cm³/mol. The second-order valence-electron chi connectivity index (χ2n) is 7.71. The molecule has 3 heterocycles. The molecule has 0 spiro atoms. The first-order chi connectivity index (χ1) is 14.3. The highest BCUT2D eigenvalue weighted by molar-refractivity contribution is 8.00. The molecule has 0 radical (unpaired) electrons. The Kier molecular flexibility index (Phi) is 5.59. The van der Waals surface area contributed by atoms with E-state index in [1.807, 2.05) is 43.9 Å². The summed E-state index contributed by atoms with van der Waals surface area (Å²) in [4.78, 5) is 35.0. The SMILES string of the molecule is C=CCn1c(S[C@H](C)C(=O)N2c3ccccc3C[C@@H]2C)nc2sc(C)c(C)c2c1=O. The summed E-state index contributed by atoms with van der Waals surface area (Å²) in [7, 11) is 0. The fourth-order valence-electron chi connectivity index (χ4n) is 3.99. The van der Waals surface area contributed by atoms with Gasteiger partial charge in [-0.2, -0.15) is 0 Å². The number of benzene rings is 1. The molecule has 1 aliphatic rings. The lowest BCUT2D eigenvalue weighted by atomic mass is 10.1. The van der Waals surface area contributed by atoms with Gasteiger partial charge in [-0.05, 0) is 51.3 Å². The molecule has 0 N–H and O–H groups in total. The Balaban J connectivity index is 1.70. The number of para-hydroxylation sites is 1. The van der Waals surface area contributed by atoms with Crippen LogP contribution in [-0.4, -0.2) is 26.8 Å². The van der Waals surface area contributed by atoms with E-state index in [0.29, 0.717) is 17.1 Å². The molecule has 0 unspecified atom stereocenters. The summed E-state index contributed by atoms with van der Waals surface area (Å²) in [5.41, 5.74) is 3.10. The maximum atomic E-state index is 13.4. The molecular weight excluding hydrogens is 414 g/mol. The highest BCUT2D eigenvalue weighted by atomic mass is 32.2. The van der Waals surface area contributed by atoms with Crippen molar-refractivity contribution in [2.75, 3.05) is 4.90 Å². The largest absolute Gasteiger partial charge is 0.308 e. The average Bonchev–Trinajstić information content (AvgIpc) is 3.19. The van der Waals surface area contributed by atoms with Crippen LogP contribution in [0.25, 0.3) is 10.2 Å². The smallest absolute Gasteiger partial charge is 0.263 e. The number of aryl methyl sites for hydroxylation is 2. The highest BCUT2D eigenvalue weighted by Crippen LogP contribution is 2.35. The predicted octanol–water partition coefficient (Wildman–Crippen LogP) is 4.72. The van der Waals surface area contributed by atoms with Crippen LogP contribution in [0.2, 0.25) is 0 Å². The third-order valence-electron chi connectivity index (χ3n) is 5.64. The summed E-state index contributed by atoms with van der Waals surface area (Å²) in [6.45, 7) is 12.1. The first-order valence-electron chi connectivity index (χ1n) is 10.0. The third kappa shape index (κ3) is 3.40. The van der Waals surface area contributed by atoms with Gasteiger partial charge in [0, 0.05) is 23.2 Å². The van der Waals surface area contributed by atoms with Gasteiger partial charge in [0.15, 0.2) is 5.16 Å². The molecule has 0 fully saturated rings. The summed E-state index contributed by atoms with van der Waals surface area (Å²) in [6, 6.07) is 8.17. The van der Waals surface area contributed by atoms with Crippen LogP contribution in [0.1, 0.15) is 29.9 Å². The fraction of sp³-hybridized carbons (Fsp3) is 0.348. The van der Waals surface area contributed by atoms with Gasteiger partial charge in [0.25, 0.3) is 5.56 Å². The zero-order valence-corrected chi connectivity index (χ0v) is 19.3. The maximum Gasteiger partial charge on any atom is 0.263 e. The molecule has 7 heteroatoms. The molecule has 0 aliphatic carbocycles. The Morgan fingerprint density at radius 3 is 2.87 bits per heavy atom. The Labute approximate surface area is 184 Å². The van der Waals surface area contributed by atoms with Gasteiger partial charge in [0.1, 0.15) is 4.83 Å². The van der Waals surface area contributed by atoms with Crippen LogP contribution in [-0.2, 0) is 17.8 Å². The van der Waals surface area contributed by atoms with Gasteiger partial charge >= 0.3 is 0 Å². The van der Waals surface area contributed by atoms with E-state index in [-0.39, 0.29) is 22.8 Å². The molecule has 4 rings (SSSR count). The molecule has 1 aliphatic heterocycles. The number of aromatic nitrogens is 2. The quantitative estimate of drug-likeness (QED) is 0.328. The van der Waals surface area contributed by atoms with Crippen molar-refractivity contribution >= 4 is 44.9 Å². The molecule has 2 atom stereocenters. The summed E-state index contributed by atoms with van der Waals surface area (Å²) in [6.07, 6.45) is 2.55. The van der Waals surface area contributed by atoms with Crippen molar-refractivity contribution in [3.05, 3.63) is 63.3 Å². The molecule has 0 saturated carbocycles. The van der Waals surface area contributed by atoms with Crippen LogP contribution in [0, 0.1) is 13.8 Å². The molecule has 0 saturated heterocycles. The summed E-state index contributed by atoms with van der Waals surface area (Å²) in [5.74, 6) is 0.0375. The van der Waals surface area contributed by atoms with E-state index in [2.05, 4.69) is 19.6 Å². The number of allylic oxidation sites excluding steroid dienone is 1. The van der Waals surface area contributed by atoms with Gasteiger partial charge in [-0.3, -0.25) is 14.2 Å². The zero-order chi connectivity index (χ0) is 21.6. The van der Waals surface area contributed by atoms with Gasteiger partial charge in [0.05, 0.1) is 10.6 Å². The maximum absolute atomic E-state index is 13.4. The van der Waals surface area contributed by atoms with Gasteiger partial charge in [-0.15, -0.1) is 17.9 Å². The topological polar surface area (TPSA) is 55.2 Å². The van der Waals surface area contributed by atoms with Crippen molar-refractivity contribution < 1.29 is 4.79 Å². The van der Waals surface area contributed by atoms with Gasteiger partial charge in [-0.25, -0.2) is 4.98 Å². The van der Waals surface area contributed by atoms with Crippen molar-refractivity contribution in [3.8, 4) is 0 Å².